The van der Waals surface area contributed by atoms with Gasteiger partial charge in [0.05, 0.1) is 10.6 Å². The molecule has 0 N–H and O–H groups in total. The Kier molecular flexibility index (Phi) is 4.78. The van der Waals surface area contributed by atoms with E-state index in [1.807, 2.05) is 56.3 Å². The fraction of sp³-hybridized carbons (Fsp3) is 0.176. The number of nitro groups is 1. The van der Waals surface area contributed by atoms with Crippen molar-refractivity contribution in [1.29, 1.82) is 0 Å². The number of ether oxygens (including phenoxy) is 1. The van der Waals surface area contributed by atoms with Crippen LogP contribution >= 0.6 is 0 Å². The second kappa shape index (κ2) is 6.76. The lowest BCUT2D eigenvalue weighted by Gasteiger charge is -2.19. The number of para-hydroxylation sites is 2. The summed E-state index contributed by atoms with van der Waals surface area (Å²) >= 11 is 0. The Morgan fingerprint density at radius 1 is 1.05 bits per heavy atom. The number of hydrogen-bond acceptors (Lipinski definition) is 4. The van der Waals surface area contributed by atoms with Gasteiger partial charge in [0.2, 0.25) is 5.75 Å². The number of rotatable bonds is 5. The molecule has 0 unspecified atom stereocenters. The molecule has 0 aliphatic rings. The SMILES string of the molecule is CC(=C(Oc1ccccc1[N+](=O)[O-])c1ccccc1)N(C)C. The fourth-order valence-corrected chi connectivity index (χ4v) is 1.94. The van der Waals surface area contributed by atoms with Gasteiger partial charge >= 0.3 is 5.69 Å². The summed E-state index contributed by atoms with van der Waals surface area (Å²) < 4.78 is 5.91. The minimum absolute atomic E-state index is 0.0533. The minimum Gasteiger partial charge on any atom is -0.448 e. The largest absolute Gasteiger partial charge is 0.448 e. The van der Waals surface area contributed by atoms with E-state index in [0.29, 0.717) is 5.76 Å². The zero-order chi connectivity index (χ0) is 16.1. The highest BCUT2D eigenvalue weighted by molar-refractivity contribution is 5.66. The number of nitrogens with zero attached hydrogens (tertiary/aromatic N) is 2. The van der Waals surface area contributed by atoms with Gasteiger partial charge in [-0.3, -0.25) is 10.1 Å². The van der Waals surface area contributed by atoms with E-state index in [9.17, 15) is 10.1 Å². The molecule has 0 aliphatic carbocycles. The molecule has 0 spiro atoms. The summed E-state index contributed by atoms with van der Waals surface area (Å²) in [5, 5.41) is 11.1. The standard InChI is InChI=1S/C17H18N2O3/c1-13(18(2)3)17(14-9-5-4-6-10-14)22-16-12-8-7-11-15(16)19(20)21/h4-12H,1-3H3. The molecule has 2 rings (SSSR count). The van der Waals surface area contributed by atoms with Gasteiger partial charge in [0.15, 0.2) is 5.76 Å². The first-order valence-electron chi connectivity index (χ1n) is 6.85. The molecule has 0 aliphatic heterocycles. The van der Waals surface area contributed by atoms with Crippen LogP contribution in [0.1, 0.15) is 12.5 Å². The highest BCUT2D eigenvalue weighted by Crippen LogP contribution is 2.31. The summed E-state index contributed by atoms with van der Waals surface area (Å²) in [4.78, 5) is 12.6. The molecular formula is C17H18N2O3. The van der Waals surface area contributed by atoms with Crippen LogP contribution in [0.4, 0.5) is 5.69 Å². The van der Waals surface area contributed by atoms with Gasteiger partial charge in [-0.15, -0.1) is 0 Å². The van der Waals surface area contributed by atoms with Crippen LogP contribution < -0.4 is 4.74 Å². The Bertz CT molecular complexity index is 694. The molecule has 0 atom stereocenters. The third-order valence-corrected chi connectivity index (χ3v) is 3.31. The first-order valence-corrected chi connectivity index (χ1v) is 6.85. The van der Waals surface area contributed by atoms with Crippen molar-refractivity contribution in [3.8, 4) is 5.75 Å². The van der Waals surface area contributed by atoms with Gasteiger partial charge in [0.25, 0.3) is 0 Å². The van der Waals surface area contributed by atoms with Gasteiger partial charge in [-0.1, -0.05) is 42.5 Å². The molecule has 2 aromatic rings. The van der Waals surface area contributed by atoms with Crippen molar-refractivity contribution in [2.75, 3.05) is 14.1 Å². The zero-order valence-corrected chi connectivity index (χ0v) is 12.8. The van der Waals surface area contributed by atoms with Gasteiger partial charge in [0, 0.05) is 25.7 Å². The normalized spacial score (nSPS) is 11.6. The summed E-state index contributed by atoms with van der Waals surface area (Å²) in [6.45, 7) is 1.91. The van der Waals surface area contributed by atoms with Crippen LogP contribution in [-0.2, 0) is 0 Å². The topological polar surface area (TPSA) is 55.6 Å². The van der Waals surface area contributed by atoms with Gasteiger partial charge in [-0.05, 0) is 13.0 Å². The van der Waals surface area contributed by atoms with Crippen LogP contribution in [0.15, 0.2) is 60.3 Å². The maximum absolute atomic E-state index is 11.1. The first kappa shape index (κ1) is 15.6. The second-order valence-corrected chi connectivity index (χ2v) is 5.00. The molecule has 0 amide bonds. The van der Waals surface area contributed by atoms with Crippen molar-refractivity contribution in [3.05, 3.63) is 76.0 Å². The van der Waals surface area contributed by atoms with Crippen LogP contribution in [0.2, 0.25) is 0 Å². The van der Waals surface area contributed by atoms with E-state index < -0.39 is 4.92 Å². The Balaban J connectivity index is 2.50. The maximum Gasteiger partial charge on any atom is 0.311 e. The predicted molar refractivity (Wildman–Crippen MR) is 86.4 cm³/mol. The number of benzene rings is 2. The molecule has 0 aromatic heterocycles. The van der Waals surface area contributed by atoms with Crippen molar-refractivity contribution in [2.45, 2.75) is 6.92 Å². The Hall–Kier alpha value is -2.82. The van der Waals surface area contributed by atoms with E-state index in [1.54, 1.807) is 18.2 Å². The molecule has 0 fully saturated rings. The lowest BCUT2D eigenvalue weighted by molar-refractivity contribution is -0.385. The summed E-state index contributed by atoms with van der Waals surface area (Å²) in [7, 11) is 3.81. The third kappa shape index (κ3) is 3.44. The average molecular weight is 298 g/mol. The quantitative estimate of drug-likeness (QED) is 0.477. The maximum atomic E-state index is 11.1. The Morgan fingerprint density at radius 3 is 2.23 bits per heavy atom. The first-order chi connectivity index (χ1) is 10.5. The molecule has 5 heteroatoms. The van der Waals surface area contributed by atoms with Crippen molar-refractivity contribution >= 4 is 11.4 Å². The number of hydrogen-bond donors (Lipinski definition) is 0. The smallest absolute Gasteiger partial charge is 0.311 e. The van der Waals surface area contributed by atoms with E-state index in [4.69, 9.17) is 4.74 Å². The van der Waals surface area contributed by atoms with Crippen molar-refractivity contribution < 1.29 is 9.66 Å². The molecular weight excluding hydrogens is 280 g/mol. The van der Waals surface area contributed by atoms with Crippen molar-refractivity contribution in [2.24, 2.45) is 0 Å². The summed E-state index contributed by atoms with van der Waals surface area (Å²) in [6.07, 6.45) is 0. The van der Waals surface area contributed by atoms with E-state index >= 15 is 0 Å². The van der Waals surface area contributed by atoms with Gasteiger partial charge in [-0.2, -0.15) is 0 Å². The molecule has 0 saturated heterocycles. The van der Waals surface area contributed by atoms with E-state index in [0.717, 1.165) is 11.3 Å². The van der Waals surface area contributed by atoms with Crippen LogP contribution in [0.5, 0.6) is 5.75 Å². The van der Waals surface area contributed by atoms with Crippen LogP contribution in [0, 0.1) is 10.1 Å². The summed E-state index contributed by atoms with van der Waals surface area (Å²) in [5.41, 5.74) is 1.69. The van der Waals surface area contributed by atoms with Gasteiger partial charge in [-0.25, -0.2) is 0 Å². The lowest BCUT2D eigenvalue weighted by Crippen LogP contribution is -2.13. The highest BCUT2D eigenvalue weighted by atomic mass is 16.6. The van der Waals surface area contributed by atoms with E-state index in [2.05, 4.69) is 0 Å². The van der Waals surface area contributed by atoms with E-state index in [1.165, 1.54) is 6.07 Å². The van der Waals surface area contributed by atoms with Crippen LogP contribution in [-0.4, -0.2) is 23.9 Å². The van der Waals surface area contributed by atoms with Crippen LogP contribution in [0.25, 0.3) is 5.76 Å². The molecule has 0 bridgehead atoms. The molecule has 22 heavy (non-hydrogen) atoms. The van der Waals surface area contributed by atoms with Crippen molar-refractivity contribution in [3.63, 3.8) is 0 Å². The second-order valence-electron chi connectivity index (χ2n) is 5.00. The molecule has 114 valence electrons. The van der Waals surface area contributed by atoms with E-state index in [-0.39, 0.29) is 11.4 Å². The van der Waals surface area contributed by atoms with Crippen molar-refractivity contribution in [1.82, 2.24) is 4.90 Å². The Morgan fingerprint density at radius 2 is 1.64 bits per heavy atom. The number of allylic oxidation sites excluding steroid dienone is 1. The third-order valence-electron chi connectivity index (χ3n) is 3.31. The monoisotopic (exact) mass is 298 g/mol. The lowest BCUT2D eigenvalue weighted by atomic mass is 10.1. The fourth-order valence-electron chi connectivity index (χ4n) is 1.94. The molecule has 2 aromatic carbocycles. The zero-order valence-electron chi connectivity index (χ0n) is 12.8. The average Bonchev–Trinajstić information content (AvgIpc) is 2.53. The molecule has 0 saturated carbocycles. The van der Waals surface area contributed by atoms with Crippen LogP contribution in [0.3, 0.4) is 0 Å². The summed E-state index contributed by atoms with van der Waals surface area (Å²) in [5.74, 6) is 0.826. The highest BCUT2D eigenvalue weighted by Gasteiger charge is 2.18. The van der Waals surface area contributed by atoms with Gasteiger partial charge in [0.1, 0.15) is 0 Å². The molecule has 5 nitrogen and oxygen atoms in total. The Labute approximate surface area is 129 Å². The molecule has 0 radical (unpaired) electrons. The summed E-state index contributed by atoms with van der Waals surface area (Å²) in [6, 6.07) is 15.9. The minimum atomic E-state index is -0.442. The molecule has 0 heterocycles. The van der Waals surface area contributed by atoms with Gasteiger partial charge < -0.3 is 9.64 Å². The predicted octanol–water partition coefficient (Wildman–Crippen LogP) is 3.92. The number of nitro benzene ring substituents is 1.